The van der Waals surface area contributed by atoms with E-state index in [2.05, 4.69) is 4.90 Å². The summed E-state index contributed by atoms with van der Waals surface area (Å²) in [5.41, 5.74) is 8.45. The number of carboxylic acids is 1. The quantitative estimate of drug-likeness (QED) is 0.847. The number of anilines is 1. The van der Waals surface area contributed by atoms with E-state index in [-0.39, 0.29) is 6.54 Å². The SMILES string of the molecule is Cc1ccc(N2CCOCC2)c(C(CN)C(=O)O)c1. The minimum absolute atomic E-state index is 0.107. The van der Waals surface area contributed by atoms with Gasteiger partial charge in [-0.05, 0) is 18.6 Å². The molecule has 1 saturated heterocycles. The maximum Gasteiger partial charge on any atom is 0.312 e. The molecule has 0 radical (unpaired) electrons. The molecule has 3 N–H and O–H groups in total. The predicted molar refractivity (Wildman–Crippen MR) is 73.6 cm³/mol. The lowest BCUT2D eigenvalue weighted by Gasteiger charge is -2.32. The Bertz CT molecular complexity index is 456. The molecule has 0 spiro atoms. The van der Waals surface area contributed by atoms with Crippen molar-refractivity contribution in [2.45, 2.75) is 12.8 Å². The van der Waals surface area contributed by atoms with E-state index in [9.17, 15) is 9.90 Å². The van der Waals surface area contributed by atoms with Gasteiger partial charge >= 0.3 is 5.97 Å². The molecule has 104 valence electrons. The van der Waals surface area contributed by atoms with Crippen LogP contribution in [-0.4, -0.2) is 43.9 Å². The molecule has 1 aliphatic heterocycles. The van der Waals surface area contributed by atoms with Crippen molar-refractivity contribution < 1.29 is 14.6 Å². The molecule has 0 bridgehead atoms. The van der Waals surface area contributed by atoms with E-state index in [0.29, 0.717) is 13.2 Å². The minimum atomic E-state index is -0.873. The Morgan fingerprint density at radius 2 is 2.16 bits per heavy atom. The smallest absolute Gasteiger partial charge is 0.312 e. The maximum absolute atomic E-state index is 11.4. The molecule has 5 nitrogen and oxygen atoms in total. The van der Waals surface area contributed by atoms with Crippen LogP contribution in [0.15, 0.2) is 18.2 Å². The van der Waals surface area contributed by atoms with Crippen LogP contribution < -0.4 is 10.6 Å². The van der Waals surface area contributed by atoms with Gasteiger partial charge in [-0.25, -0.2) is 0 Å². The largest absolute Gasteiger partial charge is 0.481 e. The van der Waals surface area contributed by atoms with Gasteiger partial charge in [-0.15, -0.1) is 0 Å². The van der Waals surface area contributed by atoms with E-state index < -0.39 is 11.9 Å². The molecule has 1 fully saturated rings. The number of carbonyl (C=O) groups is 1. The summed E-state index contributed by atoms with van der Waals surface area (Å²) in [7, 11) is 0. The van der Waals surface area contributed by atoms with Gasteiger partial charge in [0.15, 0.2) is 0 Å². The van der Waals surface area contributed by atoms with Gasteiger partial charge in [-0.1, -0.05) is 17.7 Å². The Balaban J connectivity index is 2.39. The molecule has 2 rings (SSSR count). The van der Waals surface area contributed by atoms with Crippen molar-refractivity contribution in [2.75, 3.05) is 37.7 Å². The van der Waals surface area contributed by atoms with Crippen LogP contribution in [0.1, 0.15) is 17.0 Å². The lowest BCUT2D eigenvalue weighted by molar-refractivity contribution is -0.138. The second-order valence-corrected chi connectivity index (χ2v) is 4.79. The van der Waals surface area contributed by atoms with Crippen LogP contribution in [0.5, 0.6) is 0 Å². The molecule has 0 saturated carbocycles. The lowest BCUT2D eigenvalue weighted by Crippen LogP contribution is -2.37. The third kappa shape index (κ3) is 3.05. The van der Waals surface area contributed by atoms with E-state index in [4.69, 9.17) is 10.5 Å². The number of nitrogens with two attached hydrogens (primary N) is 1. The summed E-state index contributed by atoms with van der Waals surface area (Å²) in [6, 6.07) is 5.92. The topological polar surface area (TPSA) is 75.8 Å². The molecule has 5 heteroatoms. The molecule has 19 heavy (non-hydrogen) atoms. The van der Waals surface area contributed by atoms with Crippen molar-refractivity contribution in [3.8, 4) is 0 Å². The summed E-state index contributed by atoms with van der Waals surface area (Å²) < 4.78 is 5.34. The standard InChI is InChI=1S/C14H20N2O3/c1-10-2-3-13(16-4-6-19-7-5-16)11(8-10)12(9-15)14(17)18/h2-3,8,12H,4-7,9,15H2,1H3,(H,17,18). The van der Waals surface area contributed by atoms with Gasteiger partial charge in [0.1, 0.15) is 0 Å². The fraction of sp³-hybridized carbons (Fsp3) is 0.500. The fourth-order valence-corrected chi connectivity index (χ4v) is 2.41. The van der Waals surface area contributed by atoms with E-state index in [1.165, 1.54) is 0 Å². The number of benzene rings is 1. The fourth-order valence-electron chi connectivity index (χ4n) is 2.41. The molecular weight excluding hydrogens is 244 g/mol. The second kappa shape index (κ2) is 6.04. The number of morpholine rings is 1. The zero-order valence-electron chi connectivity index (χ0n) is 11.1. The van der Waals surface area contributed by atoms with Crippen LogP contribution in [0, 0.1) is 6.92 Å². The third-order valence-electron chi connectivity index (χ3n) is 3.44. The molecular formula is C14H20N2O3. The minimum Gasteiger partial charge on any atom is -0.481 e. The molecule has 1 unspecified atom stereocenters. The first-order valence-electron chi connectivity index (χ1n) is 6.49. The van der Waals surface area contributed by atoms with Gasteiger partial charge in [-0.2, -0.15) is 0 Å². The van der Waals surface area contributed by atoms with Gasteiger partial charge in [0.2, 0.25) is 0 Å². The zero-order chi connectivity index (χ0) is 13.8. The van der Waals surface area contributed by atoms with E-state index in [0.717, 1.165) is 29.9 Å². The summed E-state index contributed by atoms with van der Waals surface area (Å²) in [6.07, 6.45) is 0. The Labute approximate surface area is 113 Å². The molecule has 1 heterocycles. The van der Waals surface area contributed by atoms with Crippen LogP contribution in [0.25, 0.3) is 0 Å². The summed E-state index contributed by atoms with van der Waals surface area (Å²) in [5, 5.41) is 9.32. The number of carboxylic acid groups (broad SMARTS) is 1. The molecule has 1 aromatic carbocycles. The third-order valence-corrected chi connectivity index (χ3v) is 3.44. The van der Waals surface area contributed by atoms with Gasteiger partial charge in [0.05, 0.1) is 19.1 Å². The van der Waals surface area contributed by atoms with Gasteiger partial charge < -0.3 is 20.5 Å². The maximum atomic E-state index is 11.4. The number of hydrogen-bond donors (Lipinski definition) is 2. The summed E-state index contributed by atoms with van der Waals surface area (Å²) in [5.74, 6) is -1.53. The van der Waals surface area contributed by atoms with Crippen molar-refractivity contribution >= 4 is 11.7 Å². The lowest BCUT2D eigenvalue weighted by atomic mass is 9.95. The van der Waals surface area contributed by atoms with Crippen molar-refractivity contribution in [2.24, 2.45) is 5.73 Å². The molecule has 0 aliphatic carbocycles. The van der Waals surface area contributed by atoms with Crippen molar-refractivity contribution in [1.82, 2.24) is 0 Å². The zero-order valence-corrected chi connectivity index (χ0v) is 11.1. The number of hydrogen-bond acceptors (Lipinski definition) is 4. The summed E-state index contributed by atoms with van der Waals surface area (Å²) in [6.45, 7) is 4.99. The average molecular weight is 264 g/mol. The monoisotopic (exact) mass is 264 g/mol. The molecule has 0 amide bonds. The van der Waals surface area contributed by atoms with Crippen LogP contribution in [0.2, 0.25) is 0 Å². The van der Waals surface area contributed by atoms with Crippen molar-refractivity contribution in [1.29, 1.82) is 0 Å². The Kier molecular flexibility index (Phi) is 4.39. The van der Waals surface area contributed by atoms with E-state index in [1.807, 2.05) is 25.1 Å². The van der Waals surface area contributed by atoms with Crippen LogP contribution in [0.4, 0.5) is 5.69 Å². The summed E-state index contributed by atoms with van der Waals surface area (Å²) >= 11 is 0. The second-order valence-electron chi connectivity index (χ2n) is 4.79. The first-order valence-corrected chi connectivity index (χ1v) is 6.49. The normalized spacial score (nSPS) is 17.3. The highest BCUT2D eigenvalue weighted by Gasteiger charge is 2.24. The number of aryl methyl sites for hydroxylation is 1. The van der Waals surface area contributed by atoms with E-state index in [1.54, 1.807) is 0 Å². The first-order chi connectivity index (χ1) is 9.13. The first kappa shape index (κ1) is 13.8. The number of nitrogens with zero attached hydrogens (tertiary/aromatic N) is 1. The van der Waals surface area contributed by atoms with Gasteiger partial charge in [-0.3, -0.25) is 4.79 Å². The van der Waals surface area contributed by atoms with Crippen molar-refractivity contribution in [3.63, 3.8) is 0 Å². The number of ether oxygens (including phenoxy) is 1. The summed E-state index contributed by atoms with van der Waals surface area (Å²) in [4.78, 5) is 13.5. The van der Waals surface area contributed by atoms with Gasteiger partial charge in [0.25, 0.3) is 0 Å². The Morgan fingerprint density at radius 3 is 2.74 bits per heavy atom. The predicted octanol–water partition coefficient (Wildman–Crippen LogP) is 0.959. The highest BCUT2D eigenvalue weighted by atomic mass is 16.5. The Hall–Kier alpha value is -1.59. The molecule has 1 aliphatic rings. The average Bonchev–Trinajstić information content (AvgIpc) is 2.40. The highest BCUT2D eigenvalue weighted by Crippen LogP contribution is 2.29. The van der Waals surface area contributed by atoms with Crippen LogP contribution >= 0.6 is 0 Å². The molecule has 1 aromatic rings. The molecule has 0 aromatic heterocycles. The van der Waals surface area contributed by atoms with E-state index >= 15 is 0 Å². The van der Waals surface area contributed by atoms with Crippen LogP contribution in [0.3, 0.4) is 0 Å². The number of rotatable bonds is 4. The number of aliphatic carboxylic acids is 1. The van der Waals surface area contributed by atoms with Gasteiger partial charge in [0, 0.05) is 25.3 Å². The van der Waals surface area contributed by atoms with Crippen molar-refractivity contribution in [3.05, 3.63) is 29.3 Å². The van der Waals surface area contributed by atoms with Crippen LogP contribution in [-0.2, 0) is 9.53 Å². The molecule has 1 atom stereocenters. The highest BCUT2D eigenvalue weighted by molar-refractivity contribution is 5.79. The Morgan fingerprint density at radius 1 is 1.47 bits per heavy atom.